The fourth-order valence-corrected chi connectivity index (χ4v) is 1.66. The third-order valence-electron chi connectivity index (χ3n) is 2.48. The molecule has 3 nitrogen and oxygen atoms in total. The molecule has 0 spiro atoms. The summed E-state index contributed by atoms with van der Waals surface area (Å²) >= 11 is 0. The van der Waals surface area contributed by atoms with Crippen molar-refractivity contribution in [3.63, 3.8) is 0 Å². The molecule has 2 radical (unpaired) electrons. The summed E-state index contributed by atoms with van der Waals surface area (Å²) in [5.41, 5.74) is 3.44. The summed E-state index contributed by atoms with van der Waals surface area (Å²) in [6.45, 7) is 1.68. The Kier molecular flexibility index (Phi) is 3.90. The second-order valence-electron chi connectivity index (χ2n) is 4.11. The second-order valence-corrected chi connectivity index (χ2v) is 4.11. The van der Waals surface area contributed by atoms with Gasteiger partial charge in [0.2, 0.25) is 0 Å². The molecule has 0 amide bonds. The van der Waals surface area contributed by atoms with Gasteiger partial charge in [-0.05, 0) is 31.2 Å². The van der Waals surface area contributed by atoms with E-state index in [1.807, 2.05) is 48.5 Å². The van der Waals surface area contributed by atoms with Gasteiger partial charge in [-0.1, -0.05) is 29.7 Å². The Morgan fingerprint density at radius 1 is 1.00 bits per heavy atom. The fourth-order valence-electron chi connectivity index (χ4n) is 1.66. The predicted molar refractivity (Wildman–Crippen MR) is 76.9 cm³/mol. The molecule has 0 saturated heterocycles. The number of aliphatic hydroxyl groups excluding tert-OH is 1. The van der Waals surface area contributed by atoms with E-state index in [1.54, 1.807) is 6.92 Å². The summed E-state index contributed by atoms with van der Waals surface area (Å²) in [4.78, 5) is 0. The molecule has 0 heterocycles. The Balaban J connectivity index is 2.20. The number of hydrogen-bond donors (Lipinski definition) is 3. The van der Waals surface area contributed by atoms with Crippen LogP contribution in [0.5, 0.6) is 0 Å². The lowest BCUT2D eigenvalue weighted by Gasteiger charge is -2.15. The van der Waals surface area contributed by atoms with Crippen molar-refractivity contribution in [2.24, 2.45) is 0 Å². The molecule has 0 aliphatic heterocycles. The monoisotopic (exact) mass is 238 g/mol. The number of anilines is 3. The van der Waals surface area contributed by atoms with Crippen molar-refractivity contribution in [1.82, 2.24) is 0 Å². The number of para-hydroxylation sites is 2. The van der Waals surface area contributed by atoms with E-state index in [0.29, 0.717) is 0 Å². The highest BCUT2D eigenvalue weighted by Gasteiger charge is 2.03. The molecule has 4 heteroatoms. The molecule has 3 N–H and O–H groups in total. The highest BCUT2D eigenvalue weighted by molar-refractivity contribution is 6.32. The summed E-state index contributed by atoms with van der Waals surface area (Å²) in [5, 5.41) is 15.6. The fraction of sp³-hybridized carbons (Fsp3) is 0.143. The molecule has 0 aliphatic rings. The molecule has 0 fully saturated rings. The van der Waals surface area contributed by atoms with Gasteiger partial charge in [-0.25, -0.2) is 0 Å². The lowest BCUT2D eigenvalue weighted by Crippen LogP contribution is -2.14. The van der Waals surface area contributed by atoms with Crippen LogP contribution in [-0.2, 0) is 0 Å². The number of nitrogens with one attached hydrogen (secondary N) is 2. The topological polar surface area (TPSA) is 44.3 Å². The molecule has 0 aliphatic carbocycles. The van der Waals surface area contributed by atoms with Crippen molar-refractivity contribution in [3.8, 4) is 0 Å². The molecule has 90 valence electrons. The summed E-state index contributed by atoms with van der Waals surface area (Å²) in [7, 11) is 5.64. The molecule has 18 heavy (non-hydrogen) atoms. The van der Waals surface area contributed by atoms with Gasteiger partial charge in [0.05, 0.1) is 11.4 Å². The van der Waals surface area contributed by atoms with E-state index in [1.165, 1.54) is 0 Å². The number of hydrogen-bond acceptors (Lipinski definition) is 3. The van der Waals surface area contributed by atoms with E-state index in [-0.39, 0.29) is 0 Å². The molecular weight excluding hydrogens is 223 g/mol. The normalized spacial score (nSPS) is 11.9. The van der Waals surface area contributed by atoms with Crippen LogP contribution in [0.25, 0.3) is 0 Å². The Bertz CT molecular complexity index is 511. The SMILES string of the molecule is [B]c1ccc(Nc2ccccc2NC(C)O)cc1. The summed E-state index contributed by atoms with van der Waals surface area (Å²) in [6.07, 6.45) is -0.598. The van der Waals surface area contributed by atoms with Crippen LogP contribution >= 0.6 is 0 Å². The van der Waals surface area contributed by atoms with E-state index in [9.17, 15) is 5.11 Å². The van der Waals surface area contributed by atoms with Crippen LogP contribution in [0.2, 0.25) is 0 Å². The van der Waals surface area contributed by atoms with Gasteiger partial charge in [0.25, 0.3) is 0 Å². The summed E-state index contributed by atoms with van der Waals surface area (Å²) in [5.74, 6) is 0. The van der Waals surface area contributed by atoms with Gasteiger partial charge >= 0.3 is 0 Å². The van der Waals surface area contributed by atoms with Gasteiger partial charge < -0.3 is 15.7 Å². The molecule has 2 aromatic carbocycles. The van der Waals surface area contributed by atoms with Gasteiger partial charge in [-0.3, -0.25) is 0 Å². The van der Waals surface area contributed by atoms with Crippen LogP contribution in [0.15, 0.2) is 48.5 Å². The molecular formula is C14H15BN2O. The van der Waals surface area contributed by atoms with Crippen LogP contribution in [0, 0.1) is 0 Å². The van der Waals surface area contributed by atoms with Gasteiger partial charge in [-0.15, -0.1) is 0 Å². The maximum atomic E-state index is 9.38. The van der Waals surface area contributed by atoms with Crippen molar-refractivity contribution < 1.29 is 5.11 Å². The number of aliphatic hydroxyl groups is 1. The highest BCUT2D eigenvalue weighted by Crippen LogP contribution is 2.25. The molecule has 0 bridgehead atoms. The third kappa shape index (κ3) is 3.28. The molecule has 2 rings (SSSR count). The Hall–Kier alpha value is -1.94. The second kappa shape index (κ2) is 5.60. The average Bonchev–Trinajstić information content (AvgIpc) is 2.34. The van der Waals surface area contributed by atoms with Gasteiger partial charge in [0.1, 0.15) is 14.1 Å². The van der Waals surface area contributed by atoms with E-state index in [4.69, 9.17) is 7.85 Å². The minimum absolute atomic E-state index is 0.598. The molecule has 1 atom stereocenters. The first-order chi connectivity index (χ1) is 8.65. The Labute approximate surface area is 108 Å². The zero-order valence-corrected chi connectivity index (χ0v) is 10.2. The maximum absolute atomic E-state index is 9.38. The lowest BCUT2D eigenvalue weighted by molar-refractivity contribution is 0.224. The Morgan fingerprint density at radius 3 is 2.22 bits per heavy atom. The predicted octanol–water partition coefficient (Wildman–Crippen LogP) is 1.97. The van der Waals surface area contributed by atoms with Gasteiger partial charge in [-0.2, -0.15) is 0 Å². The summed E-state index contributed by atoms with van der Waals surface area (Å²) < 4.78 is 0. The Morgan fingerprint density at radius 2 is 1.61 bits per heavy atom. The molecule has 0 saturated carbocycles. The molecule has 1 unspecified atom stereocenters. The standard InChI is InChI=1S/C14H15BN2O/c1-10(18)16-13-4-2-3-5-14(13)17-12-8-6-11(15)7-9-12/h2-10,16-18H,1H3. The van der Waals surface area contributed by atoms with Gasteiger partial charge in [0, 0.05) is 5.69 Å². The first-order valence-electron chi connectivity index (χ1n) is 5.81. The third-order valence-corrected chi connectivity index (χ3v) is 2.48. The minimum Gasteiger partial charge on any atom is -0.374 e. The largest absolute Gasteiger partial charge is 0.374 e. The van der Waals surface area contributed by atoms with Crippen LogP contribution < -0.4 is 16.1 Å². The van der Waals surface area contributed by atoms with E-state index in [2.05, 4.69) is 10.6 Å². The van der Waals surface area contributed by atoms with Gasteiger partial charge in [0.15, 0.2) is 0 Å². The van der Waals surface area contributed by atoms with Crippen molar-refractivity contribution in [2.75, 3.05) is 10.6 Å². The van der Waals surface area contributed by atoms with Crippen LogP contribution in [0.4, 0.5) is 17.1 Å². The van der Waals surface area contributed by atoms with Crippen molar-refractivity contribution in [1.29, 1.82) is 0 Å². The molecule has 0 aromatic heterocycles. The van der Waals surface area contributed by atoms with E-state index >= 15 is 0 Å². The minimum atomic E-state index is -0.598. The van der Waals surface area contributed by atoms with Crippen molar-refractivity contribution in [2.45, 2.75) is 13.2 Å². The average molecular weight is 238 g/mol. The van der Waals surface area contributed by atoms with E-state index < -0.39 is 6.23 Å². The first-order valence-corrected chi connectivity index (χ1v) is 5.81. The highest BCUT2D eigenvalue weighted by atomic mass is 16.3. The lowest BCUT2D eigenvalue weighted by atomic mass is 9.96. The number of benzene rings is 2. The van der Waals surface area contributed by atoms with Crippen LogP contribution in [0.1, 0.15) is 6.92 Å². The van der Waals surface area contributed by atoms with E-state index in [0.717, 1.165) is 22.5 Å². The quantitative estimate of drug-likeness (QED) is 0.563. The molecule has 2 aromatic rings. The van der Waals surface area contributed by atoms with Crippen molar-refractivity contribution in [3.05, 3.63) is 48.5 Å². The smallest absolute Gasteiger partial charge is 0.121 e. The van der Waals surface area contributed by atoms with Crippen molar-refractivity contribution >= 4 is 30.4 Å². The first kappa shape index (κ1) is 12.5. The maximum Gasteiger partial charge on any atom is 0.121 e. The van der Waals surface area contributed by atoms with Crippen LogP contribution in [-0.4, -0.2) is 19.2 Å². The number of rotatable bonds is 4. The zero-order valence-electron chi connectivity index (χ0n) is 10.2. The zero-order chi connectivity index (χ0) is 13.0. The summed E-state index contributed by atoms with van der Waals surface area (Å²) in [6, 6.07) is 15.2. The van der Waals surface area contributed by atoms with Crippen LogP contribution in [0.3, 0.4) is 0 Å².